The Bertz CT molecular complexity index is 1370. The van der Waals surface area contributed by atoms with Gasteiger partial charge in [0.05, 0.1) is 0 Å². The Balaban J connectivity index is 1.32. The zero-order valence-corrected chi connectivity index (χ0v) is 23.5. The maximum atomic E-state index is 2.47. The third-order valence-corrected chi connectivity index (χ3v) is 12.0. The van der Waals surface area contributed by atoms with Crippen molar-refractivity contribution in [1.82, 2.24) is 0 Å². The van der Waals surface area contributed by atoms with Gasteiger partial charge < -0.3 is 0 Å². The highest BCUT2D eigenvalue weighted by atomic mass is 14.6. The minimum atomic E-state index is 0.101. The van der Waals surface area contributed by atoms with E-state index in [4.69, 9.17) is 0 Å². The highest BCUT2D eigenvalue weighted by Gasteiger charge is 2.59. The van der Waals surface area contributed by atoms with Crippen LogP contribution in [0.3, 0.4) is 0 Å². The smallest absolute Gasteiger partial charge is 0.0218 e. The van der Waals surface area contributed by atoms with Crippen molar-refractivity contribution < 1.29 is 0 Å². The van der Waals surface area contributed by atoms with E-state index in [1.54, 1.807) is 22.3 Å². The van der Waals surface area contributed by atoms with Crippen LogP contribution in [-0.4, -0.2) is 0 Å². The summed E-state index contributed by atoms with van der Waals surface area (Å²) in [5, 5.41) is 0. The molecule has 2 fully saturated rings. The lowest BCUT2D eigenvalue weighted by atomic mass is 9.54. The van der Waals surface area contributed by atoms with Gasteiger partial charge in [-0.15, -0.1) is 0 Å². The van der Waals surface area contributed by atoms with E-state index in [9.17, 15) is 0 Å². The van der Waals surface area contributed by atoms with E-state index in [-0.39, 0.29) is 10.8 Å². The van der Waals surface area contributed by atoms with Crippen LogP contribution in [0.25, 0.3) is 22.3 Å². The van der Waals surface area contributed by atoms with Crippen molar-refractivity contribution in [3.8, 4) is 22.3 Å². The zero-order chi connectivity index (χ0) is 26.2. The molecular weight excluding hydrogens is 468 g/mol. The van der Waals surface area contributed by atoms with Gasteiger partial charge in [0.2, 0.25) is 0 Å². The summed E-state index contributed by atoms with van der Waals surface area (Å²) in [4.78, 5) is 0. The average Bonchev–Trinajstić information content (AvgIpc) is 3.73. The maximum Gasteiger partial charge on any atom is 0.0218 e. The number of hydrogen-bond acceptors (Lipinski definition) is 0. The van der Waals surface area contributed by atoms with E-state index in [1.165, 1.54) is 73.6 Å². The Morgan fingerprint density at radius 1 is 0.538 bits per heavy atom. The number of hydrogen-bond donors (Lipinski definition) is 0. The Labute approximate surface area is 234 Å². The predicted molar refractivity (Wildman–Crippen MR) is 163 cm³/mol. The third kappa shape index (κ3) is 3.07. The lowest BCUT2D eigenvalue weighted by Crippen LogP contribution is -2.43. The van der Waals surface area contributed by atoms with Crippen molar-refractivity contribution in [3.63, 3.8) is 0 Å². The molecule has 0 radical (unpaired) electrons. The molecule has 4 aromatic rings. The minimum Gasteiger partial charge on any atom is -0.0642 e. The van der Waals surface area contributed by atoms with Crippen molar-refractivity contribution in [2.45, 2.75) is 76.0 Å². The van der Waals surface area contributed by atoms with Crippen LogP contribution in [0.2, 0.25) is 0 Å². The molecule has 0 N–H and O–H groups in total. The molecule has 0 aliphatic heterocycles. The van der Waals surface area contributed by atoms with Gasteiger partial charge in [0.15, 0.2) is 0 Å². The third-order valence-electron chi connectivity index (χ3n) is 12.0. The summed E-state index contributed by atoms with van der Waals surface area (Å²) < 4.78 is 0. The Hall–Kier alpha value is -3.12. The summed E-state index contributed by atoms with van der Waals surface area (Å²) in [6, 6.07) is 37.5. The van der Waals surface area contributed by atoms with Crippen molar-refractivity contribution in [3.05, 3.63) is 119 Å². The molecular formula is C39H40. The standard InChI is InChI=1S/C39H40/c1-3-38(33-17-9-5-13-29(33)30-14-6-10-18-34(30)38)25-37(24-27-21-22-28(37)23-27)26-39(4-2)35-19-11-7-15-31(35)32-16-8-12-20-36(32)39/h5-20,27-28H,3-4,21-26H2,1-2H3. The lowest BCUT2D eigenvalue weighted by molar-refractivity contribution is 0.0768. The summed E-state index contributed by atoms with van der Waals surface area (Å²) in [5.41, 5.74) is 12.8. The van der Waals surface area contributed by atoms with Gasteiger partial charge in [-0.2, -0.15) is 0 Å². The van der Waals surface area contributed by atoms with Crippen LogP contribution in [0.4, 0.5) is 0 Å². The van der Waals surface area contributed by atoms with Gasteiger partial charge in [0.1, 0.15) is 0 Å². The lowest BCUT2D eigenvalue weighted by Gasteiger charge is -2.50. The van der Waals surface area contributed by atoms with Gasteiger partial charge in [-0.1, -0.05) is 117 Å². The normalized spacial score (nSPS) is 23.7. The number of fused-ring (bicyclic) bond motifs is 8. The molecule has 2 atom stereocenters. The Kier molecular flexibility index (Phi) is 5.14. The topological polar surface area (TPSA) is 0 Å². The molecule has 0 saturated heterocycles. The molecule has 0 aromatic heterocycles. The molecule has 4 aliphatic carbocycles. The molecule has 0 heteroatoms. The van der Waals surface area contributed by atoms with Gasteiger partial charge in [-0.3, -0.25) is 0 Å². The zero-order valence-electron chi connectivity index (χ0n) is 23.5. The first-order chi connectivity index (χ1) is 19.1. The van der Waals surface area contributed by atoms with Gasteiger partial charge in [0, 0.05) is 10.8 Å². The second-order valence-corrected chi connectivity index (χ2v) is 13.3. The minimum absolute atomic E-state index is 0.101. The highest BCUT2D eigenvalue weighted by molar-refractivity contribution is 5.82. The van der Waals surface area contributed by atoms with Gasteiger partial charge >= 0.3 is 0 Å². The first-order valence-corrected chi connectivity index (χ1v) is 15.5. The molecule has 8 rings (SSSR count). The monoisotopic (exact) mass is 508 g/mol. The summed E-state index contributed by atoms with van der Waals surface area (Å²) in [6.45, 7) is 4.94. The quantitative estimate of drug-likeness (QED) is 0.243. The summed E-state index contributed by atoms with van der Waals surface area (Å²) in [7, 11) is 0. The largest absolute Gasteiger partial charge is 0.0642 e. The van der Waals surface area contributed by atoms with Crippen molar-refractivity contribution in [1.29, 1.82) is 0 Å². The second-order valence-electron chi connectivity index (χ2n) is 13.3. The molecule has 196 valence electrons. The molecule has 2 saturated carbocycles. The summed E-state index contributed by atoms with van der Waals surface area (Å²) >= 11 is 0. The van der Waals surface area contributed by atoms with Crippen LogP contribution < -0.4 is 0 Å². The van der Waals surface area contributed by atoms with E-state index < -0.39 is 0 Å². The molecule has 0 spiro atoms. The van der Waals surface area contributed by atoms with Crippen molar-refractivity contribution in [2.24, 2.45) is 17.3 Å². The first kappa shape index (κ1) is 23.7. The molecule has 4 aromatic carbocycles. The average molecular weight is 509 g/mol. The van der Waals surface area contributed by atoms with Crippen LogP contribution in [0.1, 0.15) is 87.5 Å². The van der Waals surface area contributed by atoms with Crippen LogP contribution >= 0.6 is 0 Å². The molecule has 2 bridgehead atoms. The maximum absolute atomic E-state index is 2.47. The van der Waals surface area contributed by atoms with Gasteiger partial charge in [-0.05, 0) is 107 Å². The van der Waals surface area contributed by atoms with E-state index >= 15 is 0 Å². The fourth-order valence-corrected chi connectivity index (χ4v) is 10.5. The fourth-order valence-electron chi connectivity index (χ4n) is 10.5. The fraction of sp³-hybridized carbons (Fsp3) is 0.385. The summed E-state index contributed by atoms with van der Waals surface area (Å²) in [5.74, 6) is 1.76. The highest BCUT2D eigenvalue weighted by Crippen LogP contribution is 2.69. The van der Waals surface area contributed by atoms with Gasteiger partial charge in [-0.25, -0.2) is 0 Å². The molecule has 2 unspecified atom stereocenters. The first-order valence-electron chi connectivity index (χ1n) is 15.5. The van der Waals surface area contributed by atoms with Crippen LogP contribution in [-0.2, 0) is 10.8 Å². The van der Waals surface area contributed by atoms with E-state index in [2.05, 4.69) is 111 Å². The molecule has 4 aliphatic rings. The molecule has 39 heavy (non-hydrogen) atoms. The van der Waals surface area contributed by atoms with Crippen LogP contribution in [0.15, 0.2) is 97.1 Å². The van der Waals surface area contributed by atoms with E-state index in [1.807, 2.05) is 0 Å². The SMILES string of the molecule is CCC1(CC2(CC3(CC)c4ccccc4-c4ccccc43)CC3CCC2C3)c2ccccc2-c2ccccc21. The van der Waals surface area contributed by atoms with Gasteiger partial charge in [0.25, 0.3) is 0 Å². The van der Waals surface area contributed by atoms with Crippen LogP contribution in [0, 0.1) is 17.3 Å². The van der Waals surface area contributed by atoms with E-state index in [0.29, 0.717) is 5.41 Å². The van der Waals surface area contributed by atoms with Crippen LogP contribution in [0.5, 0.6) is 0 Å². The second kappa shape index (κ2) is 8.44. The Morgan fingerprint density at radius 2 is 0.923 bits per heavy atom. The number of benzene rings is 4. The van der Waals surface area contributed by atoms with E-state index in [0.717, 1.165) is 11.8 Å². The molecule has 0 heterocycles. The summed E-state index contributed by atoms with van der Waals surface area (Å²) in [6.07, 6.45) is 10.7. The number of rotatable bonds is 6. The molecule has 0 amide bonds. The molecule has 0 nitrogen and oxygen atoms in total. The van der Waals surface area contributed by atoms with Crippen molar-refractivity contribution in [2.75, 3.05) is 0 Å². The predicted octanol–water partition coefficient (Wildman–Crippen LogP) is 10.3. The van der Waals surface area contributed by atoms with Crippen molar-refractivity contribution >= 4 is 0 Å². The Morgan fingerprint density at radius 3 is 1.23 bits per heavy atom.